The summed E-state index contributed by atoms with van der Waals surface area (Å²) in [7, 11) is 4.66. The number of methoxy groups -OCH3 is 3. The molecule has 18 heavy (non-hydrogen) atoms. The summed E-state index contributed by atoms with van der Waals surface area (Å²) in [6.07, 6.45) is 0. The van der Waals surface area contributed by atoms with E-state index in [1.54, 1.807) is 40.4 Å². The van der Waals surface area contributed by atoms with Crippen LogP contribution in [0.25, 0.3) is 11.4 Å². The molecule has 0 saturated carbocycles. The Morgan fingerprint density at radius 1 is 1.00 bits per heavy atom. The second-order valence-corrected chi connectivity index (χ2v) is 3.52. The van der Waals surface area contributed by atoms with Crippen LogP contribution in [0.4, 0.5) is 0 Å². The Bertz CT molecular complexity index is 551. The quantitative estimate of drug-likeness (QED) is 0.827. The lowest BCUT2D eigenvalue weighted by Gasteiger charge is -2.13. The number of rotatable bonds is 4. The second kappa shape index (κ2) is 4.95. The highest BCUT2D eigenvalue weighted by atomic mass is 16.5. The molecule has 6 heteroatoms. The van der Waals surface area contributed by atoms with Gasteiger partial charge in [-0.2, -0.15) is 4.98 Å². The molecule has 0 N–H and O–H groups in total. The predicted octanol–water partition coefficient (Wildman–Crippen LogP) is 2.07. The summed E-state index contributed by atoms with van der Waals surface area (Å²) < 4.78 is 20.8. The van der Waals surface area contributed by atoms with E-state index in [0.29, 0.717) is 34.5 Å². The Kier molecular flexibility index (Phi) is 3.36. The molecule has 0 radical (unpaired) electrons. The highest BCUT2D eigenvalue weighted by molar-refractivity contribution is 5.71. The molecule has 96 valence electrons. The van der Waals surface area contributed by atoms with Crippen molar-refractivity contribution in [3.63, 3.8) is 0 Å². The van der Waals surface area contributed by atoms with Gasteiger partial charge in [-0.3, -0.25) is 0 Å². The van der Waals surface area contributed by atoms with Crippen molar-refractivity contribution in [2.75, 3.05) is 21.3 Å². The van der Waals surface area contributed by atoms with Crippen molar-refractivity contribution in [1.29, 1.82) is 0 Å². The SMILES string of the molecule is COc1ccc(-c2noc(C)n2)c(OC)c1OC. The van der Waals surface area contributed by atoms with Crippen LogP contribution in [0.5, 0.6) is 17.2 Å². The third-order valence-electron chi connectivity index (χ3n) is 2.47. The first kappa shape index (κ1) is 12.2. The van der Waals surface area contributed by atoms with Gasteiger partial charge in [-0.05, 0) is 12.1 Å². The highest BCUT2D eigenvalue weighted by Crippen LogP contribution is 2.43. The molecule has 2 aromatic rings. The van der Waals surface area contributed by atoms with Crippen molar-refractivity contribution in [3.05, 3.63) is 18.0 Å². The van der Waals surface area contributed by atoms with E-state index < -0.39 is 0 Å². The minimum atomic E-state index is 0.449. The van der Waals surface area contributed by atoms with Crippen LogP contribution < -0.4 is 14.2 Å². The van der Waals surface area contributed by atoms with Crippen molar-refractivity contribution >= 4 is 0 Å². The van der Waals surface area contributed by atoms with Crippen LogP contribution in [0.2, 0.25) is 0 Å². The minimum Gasteiger partial charge on any atom is -0.493 e. The summed E-state index contributed by atoms with van der Waals surface area (Å²) >= 11 is 0. The summed E-state index contributed by atoms with van der Waals surface area (Å²) in [5.74, 6) is 2.53. The maximum Gasteiger partial charge on any atom is 0.223 e. The standard InChI is InChI=1S/C12H14N2O4/c1-7-13-12(14-18-7)8-5-6-9(15-2)11(17-4)10(8)16-3/h5-6H,1-4H3. The fraction of sp³-hybridized carbons (Fsp3) is 0.333. The largest absolute Gasteiger partial charge is 0.493 e. The number of aryl methyl sites for hydroxylation is 1. The number of benzene rings is 1. The van der Waals surface area contributed by atoms with E-state index in [2.05, 4.69) is 10.1 Å². The molecule has 0 unspecified atom stereocenters. The van der Waals surface area contributed by atoms with Crippen molar-refractivity contribution in [2.24, 2.45) is 0 Å². The van der Waals surface area contributed by atoms with Crippen molar-refractivity contribution in [3.8, 4) is 28.6 Å². The first-order valence-corrected chi connectivity index (χ1v) is 5.31. The van der Waals surface area contributed by atoms with Gasteiger partial charge in [0.1, 0.15) is 0 Å². The van der Waals surface area contributed by atoms with Crippen molar-refractivity contribution in [2.45, 2.75) is 6.92 Å². The monoisotopic (exact) mass is 250 g/mol. The maximum atomic E-state index is 5.35. The summed E-state index contributed by atoms with van der Waals surface area (Å²) in [6.45, 7) is 1.73. The fourth-order valence-corrected chi connectivity index (χ4v) is 1.69. The molecule has 0 fully saturated rings. The zero-order valence-electron chi connectivity index (χ0n) is 10.7. The van der Waals surface area contributed by atoms with E-state index in [9.17, 15) is 0 Å². The predicted molar refractivity (Wildman–Crippen MR) is 64.1 cm³/mol. The van der Waals surface area contributed by atoms with E-state index in [4.69, 9.17) is 18.7 Å². The van der Waals surface area contributed by atoms with Gasteiger partial charge in [0.05, 0.1) is 26.9 Å². The zero-order valence-corrected chi connectivity index (χ0v) is 10.7. The Morgan fingerprint density at radius 2 is 1.72 bits per heavy atom. The molecule has 0 saturated heterocycles. The van der Waals surface area contributed by atoms with Crippen LogP contribution in [0.3, 0.4) is 0 Å². The summed E-state index contributed by atoms with van der Waals surface area (Å²) in [6, 6.07) is 3.56. The van der Waals surface area contributed by atoms with E-state index in [1.165, 1.54) is 0 Å². The smallest absolute Gasteiger partial charge is 0.223 e. The minimum absolute atomic E-state index is 0.449. The van der Waals surface area contributed by atoms with Crippen LogP contribution in [-0.2, 0) is 0 Å². The molecule has 2 rings (SSSR count). The molecule has 6 nitrogen and oxygen atoms in total. The molecule has 1 aromatic heterocycles. The number of hydrogen-bond acceptors (Lipinski definition) is 6. The Morgan fingerprint density at radius 3 is 2.22 bits per heavy atom. The average Bonchev–Trinajstić information content (AvgIpc) is 2.83. The first-order chi connectivity index (χ1) is 8.71. The summed E-state index contributed by atoms with van der Waals surface area (Å²) in [4.78, 5) is 4.17. The molecule has 0 spiro atoms. The molecule has 1 aromatic carbocycles. The van der Waals surface area contributed by atoms with Gasteiger partial charge in [-0.1, -0.05) is 5.16 Å². The molecule has 0 aliphatic heterocycles. The Labute approximate surface area is 104 Å². The van der Waals surface area contributed by atoms with Gasteiger partial charge in [0, 0.05) is 6.92 Å². The number of aromatic nitrogens is 2. The van der Waals surface area contributed by atoms with E-state index in [-0.39, 0.29) is 0 Å². The maximum absolute atomic E-state index is 5.35. The van der Waals surface area contributed by atoms with Crippen LogP contribution in [-0.4, -0.2) is 31.5 Å². The summed E-state index contributed by atoms with van der Waals surface area (Å²) in [5, 5.41) is 3.86. The lowest BCUT2D eigenvalue weighted by Crippen LogP contribution is -1.97. The van der Waals surface area contributed by atoms with Crippen LogP contribution in [0.1, 0.15) is 5.89 Å². The first-order valence-electron chi connectivity index (χ1n) is 5.31. The van der Waals surface area contributed by atoms with E-state index in [0.717, 1.165) is 0 Å². The molecular weight excluding hydrogens is 236 g/mol. The molecule has 0 bridgehead atoms. The van der Waals surface area contributed by atoms with Gasteiger partial charge in [-0.25, -0.2) is 0 Å². The van der Waals surface area contributed by atoms with Gasteiger partial charge in [-0.15, -0.1) is 0 Å². The second-order valence-electron chi connectivity index (χ2n) is 3.52. The van der Waals surface area contributed by atoms with Crippen molar-refractivity contribution in [1.82, 2.24) is 10.1 Å². The number of hydrogen-bond donors (Lipinski definition) is 0. The van der Waals surface area contributed by atoms with E-state index >= 15 is 0 Å². The fourth-order valence-electron chi connectivity index (χ4n) is 1.69. The number of nitrogens with zero attached hydrogens (tertiary/aromatic N) is 2. The lowest BCUT2D eigenvalue weighted by atomic mass is 10.1. The highest BCUT2D eigenvalue weighted by Gasteiger charge is 2.19. The van der Waals surface area contributed by atoms with Gasteiger partial charge in [0.25, 0.3) is 0 Å². The lowest BCUT2D eigenvalue weighted by molar-refractivity contribution is 0.325. The van der Waals surface area contributed by atoms with E-state index in [1.807, 2.05) is 0 Å². The topological polar surface area (TPSA) is 66.6 Å². The molecule has 0 aliphatic carbocycles. The normalized spacial score (nSPS) is 10.2. The number of ether oxygens (including phenoxy) is 3. The average molecular weight is 250 g/mol. The third kappa shape index (κ3) is 1.97. The molecule has 0 amide bonds. The van der Waals surface area contributed by atoms with Gasteiger partial charge in [0.2, 0.25) is 17.5 Å². The van der Waals surface area contributed by atoms with Crippen molar-refractivity contribution < 1.29 is 18.7 Å². The summed E-state index contributed by atoms with van der Waals surface area (Å²) in [5.41, 5.74) is 0.687. The molecule has 0 aliphatic rings. The molecular formula is C12H14N2O4. The van der Waals surface area contributed by atoms with Gasteiger partial charge in [0.15, 0.2) is 11.5 Å². The Hall–Kier alpha value is -2.24. The van der Waals surface area contributed by atoms with Gasteiger partial charge >= 0.3 is 0 Å². The van der Waals surface area contributed by atoms with Crippen LogP contribution in [0, 0.1) is 6.92 Å². The zero-order chi connectivity index (χ0) is 13.1. The van der Waals surface area contributed by atoms with Crippen LogP contribution in [0.15, 0.2) is 16.7 Å². The third-order valence-corrected chi connectivity index (χ3v) is 2.47. The van der Waals surface area contributed by atoms with Gasteiger partial charge < -0.3 is 18.7 Å². The van der Waals surface area contributed by atoms with Crippen LogP contribution >= 0.6 is 0 Å². The molecule has 0 atom stereocenters. The Balaban J connectivity index is 2.61. The molecule has 1 heterocycles.